The van der Waals surface area contributed by atoms with E-state index in [0.29, 0.717) is 17.4 Å². The van der Waals surface area contributed by atoms with E-state index < -0.39 is 0 Å². The maximum atomic E-state index is 6.09. The van der Waals surface area contributed by atoms with E-state index in [1.807, 2.05) is 18.2 Å². The maximum Gasteiger partial charge on any atom is 0.226 e. The molecule has 0 saturated heterocycles. The number of benzene rings is 1. The van der Waals surface area contributed by atoms with E-state index in [-0.39, 0.29) is 5.28 Å². The lowest BCUT2D eigenvalue weighted by atomic mass is 10.3. The van der Waals surface area contributed by atoms with Gasteiger partial charge in [0.15, 0.2) is 17.0 Å². The summed E-state index contributed by atoms with van der Waals surface area (Å²) in [6.45, 7) is 0. The van der Waals surface area contributed by atoms with Crippen LogP contribution in [0.4, 0.5) is 11.5 Å². The number of ether oxygens (including phenoxy) is 1. The minimum Gasteiger partial charge on any atom is -0.495 e. The molecule has 1 aromatic carbocycles. The molecule has 1 aliphatic rings. The predicted molar refractivity (Wildman–Crippen MR) is 92.6 cm³/mol. The second-order valence-electron chi connectivity index (χ2n) is 5.37. The molecule has 23 heavy (non-hydrogen) atoms. The highest BCUT2D eigenvalue weighted by atomic mass is 79.9. The second kappa shape index (κ2) is 5.65. The standard InChI is InChI=1S/C15H13BrClN5O/c1-23-11-6-8(2-5-10(11)16)19-13-12-14(21-15(17)20-13)22(7-18-12)9-3-4-9/h2,5-7,9H,3-4H2,1H3,(H,19,20,21). The van der Waals surface area contributed by atoms with Crippen LogP contribution in [0.15, 0.2) is 29.0 Å². The van der Waals surface area contributed by atoms with E-state index in [4.69, 9.17) is 16.3 Å². The number of nitrogens with zero attached hydrogens (tertiary/aromatic N) is 4. The molecule has 0 spiro atoms. The summed E-state index contributed by atoms with van der Waals surface area (Å²) < 4.78 is 8.26. The highest BCUT2D eigenvalue weighted by Gasteiger charge is 2.26. The van der Waals surface area contributed by atoms with Crippen LogP contribution in [-0.4, -0.2) is 26.6 Å². The highest BCUT2D eigenvalue weighted by molar-refractivity contribution is 9.10. The highest BCUT2D eigenvalue weighted by Crippen LogP contribution is 2.38. The first-order valence-electron chi connectivity index (χ1n) is 7.16. The van der Waals surface area contributed by atoms with E-state index in [2.05, 4.69) is 40.8 Å². The Kier molecular flexibility index (Phi) is 3.61. The van der Waals surface area contributed by atoms with Crippen molar-refractivity contribution in [2.24, 2.45) is 0 Å². The number of rotatable bonds is 4. The van der Waals surface area contributed by atoms with Crippen LogP contribution < -0.4 is 10.1 Å². The van der Waals surface area contributed by atoms with E-state index >= 15 is 0 Å². The van der Waals surface area contributed by atoms with E-state index in [1.165, 1.54) is 0 Å². The van der Waals surface area contributed by atoms with Gasteiger partial charge < -0.3 is 14.6 Å². The van der Waals surface area contributed by atoms with Crippen molar-refractivity contribution in [1.29, 1.82) is 0 Å². The smallest absolute Gasteiger partial charge is 0.226 e. The first kappa shape index (κ1) is 14.7. The minimum absolute atomic E-state index is 0.200. The monoisotopic (exact) mass is 393 g/mol. The largest absolute Gasteiger partial charge is 0.495 e. The first-order valence-corrected chi connectivity index (χ1v) is 8.33. The fourth-order valence-electron chi connectivity index (χ4n) is 2.47. The summed E-state index contributed by atoms with van der Waals surface area (Å²) >= 11 is 9.53. The molecule has 8 heteroatoms. The minimum atomic E-state index is 0.200. The van der Waals surface area contributed by atoms with E-state index in [9.17, 15) is 0 Å². The third-order valence-electron chi connectivity index (χ3n) is 3.75. The van der Waals surface area contributed by atoms with Gasteiger partial charge in [0, 0.05) is 17.8 Å². The van der Waals surface area contributed by atoms with Gasteiger partial charge in [-0.15, -0.1) is 0 Å². The number of methoxy groups -OCH3 is 1. The lowest BCUT2D eigenvalue weighted by Crippen LogP contribution is -2.00. The quantitative estimate of drug-likeness (QED) is 0.667. The summed E-state index contributed by atoms with van der Waals surface area (Å²) in [6, 6.07) is 6.19. The second-order valence-corrected chi connectivity index (χ2v) is 6.56. The molecule has 0 aliphatic heterocycles. The normalized spacial score (nSPS) is 14.2. The van der Waals surface area contributed by atoms with Crippen molar-refractivity contribution >= 4 is 50.2 Å². The Morgan fingerprint density at radius 1 is 1.35 bits per heavy atom. The van der Waals surface area contributed by atoms with Crippen molar-refractivity contribution in [2.45, 2.75) is 18.9 Å². The Morgan fingerprint density at radius 2 is 2.17 bits per heavy atom. The predicted octanol–water partition coefficient (Wildman–Crippen LogP) is 4.33. The number of hydrogen-bond acceptors (Lipinski definition) is 5. The maximum absolute atomic E-state index is 6.09. The lowest BCUT2D eigenvalue weighted by Gasteiger charge is -2.10. The number of anilines is 2. The summed E-state index contributed by atoms with van der Waals surface area (Å²) in [7, 11) is 1.63. The van der Waals surface area contributed by atoms with Gasteiger partial charge >= 0.3 is 0 Å². The molecule has 1 N–H and O–H groups in total. The number of imidazole rings is 1. The first-order chi connectivity index (χ1) is 11.2. The fraction of sp³-hybridized carbons (Fsp3) is 0.267. The molecule has 0 radical (unpaired) electrons. The molecule has 1 fully saturated rings. The van der Waals surface area contributed by atoms with Crippen molar-refractivity contribution < 1.29 is 4.74 Å². The molecular formula is C15H13BrClN5O. The van der Waals surface area contributed by atoms with Gasteiger partial charge in [-0.05, 0) is 52.5 Å². The molecule has 118 valence electrons. The number of hydrogen-bond donors (Lipinski definition) is 1. The summed E-state index contributed by atoms with van der Waals surface area (Å²) in [5, 5.41) is 3.45. The van der Waals surface area contributed by atoms with Gasteiger partial charge in [-0.1, -0.05) is 0 Å². The molecule has 4 rings (SSSR count). The molecule has 0 amide bonds. The Balaban J connectivity index is 1.76. The van der Waals surface area contributed by atoms with Crippen LogP contribution in [0.2, 0.25) is 5.28 Å². The Bertz CT molecular complexity index is 893. The van der Waals surface area contributed by atoms with Crippen molar-refractivity contribution in [2.75, 3.05) is 12.4 Å². The van der Waals surface area contributed by atoms with E-state index in [0.717, 1.165) is 34.4 Å². The third-order valence-corrected chi connectivity index (χ3v) is 4.57. The average molecular weight is 395 g/mol. The van der Waals surface area contributed by atoms with Crippen LogP contribution in [0.1, 0.15) is 18.9 Å². The number of fused-ring (bicyclic) bond motifs is 1. The number of nitrogens with one attached hydrogen (secondary N) is 1. The van der Waals surface area contributed by atoms with Gasteiger partial charge in [0.05, 0.1) is 17.9 Å². The number of aromatic nitrogens is 4. The summed E-state index contributed by atoms with van der Waals surface area (Å²) in [4.78, 5) is 13.1. The molecule has 2 heterocycles. The lowest BCUT2D eigenvalue weighted by molar-refractivity contribution is 0.412. The zero-order chi connectivity index (χ0) is 16.0. The number of halogens is 2. The van der Waals surface area contributed by atoms with Crippen LogP contribution in [0.5, 0.6) is 5.75 Å². The third kappa shape index (κ3) is 2.74. The molecule has 6 nitrogen and oxygen atoms in total. The Morgan fingerprint density at radius 3 is 2.91 bits per heavy atom. The SMILES string of the molecule is COc1cc(Nc2nc(Cl)nc3c2ncn3C2CC2)ccc1Br. The molecule has 0 unspecified atom stereocenters. The Labute approximate surface area is 146 Å². The van der Waals surface area contributed by atoms with Crippen LogP contribution in [0, 0.1) is 0 Å². The molecule has 3 aromatic rings. The summed E-state index contributed by atoms with van der Waals surface area (Å²) in [6.07, 6.45) is 4.11. The molecule has 0 bridgehead atoms. The van der Waals surface area contributed by atoms with Gasteiger partial charge in [0.25, 0.3) is 0 Å². The fourth-order valence-corrected chi connectivity index (χ4v) is 3.04. The molecule has 1 saturated carbocycles. The molecular weight excluding hydrogens is 382 g/mol. The van der Waals surface area contributed by atoms with E-state index in [1.54, 1.807) is 13.4 Å². The van der Waals surface area contributed by atoms with Crippen LogP contribution in [0.25, 0.3) is 11.2 Å². The van der Waals surface area contributed by atoms with Gasteiger partial charge in [0.1, 0.15) is 5.75 Å². The van der Waals surface area contributed by atoms with Gasteiger partial charge in [-0.2, -0.15) is 9.97 Å². The zero-order valence-corrected chi connectivity index (χ0v) is 14.6. The van der Waals surface area contributed by atoms with Gasteiger partial charge in [-0.3, -0.25) is 0 Å². The topological polar surface area (TPSA) is 64.9 Å². The van der Waals surface area contributed by atoms with Crippen molar-refractivity contribution in [3.63, 3.8) is 0 Å². The van der Waals surface area contributed by atoms with Crippen molar-refractivity contribution in [3.05, 3.63) is 34.3 Å². The van der Waals surface area contributed by atoms with Crippen LogP contribution in [-0.2, 0) is 0 Å². The van der Waals surface area contributed by atoms with Gasteiger partial charge in [-0.25, -0.2) is 4.98 Å². The van der Waals surface area contributed by atoms with Crippen LogP contribution in [0.3, 0.4) is 0 Å². The Hall–Kier alpha value is -1.86. The van der Waals surface area contributed by atoms with Crippen molar-refractivity contribution in [1.82, 2.24) is 19.5 Å². The molecule has 2 aromatic heterocycles. The van der Waals surface area contributed by atoms with Crippen molar-refractivity contribution in [3.8, 4) is 5.75 Å². The van der Waals surface area contributed by atoms with Gasteiger partial charge in [0.2, 0.25) is 5.28 Å². The summed E-state index contributed by atoms with van der Waals surface area (Å²) in [5.41, 5.74) is 2.31. The average Bonchev–Trinajstić information content (AvgIpc) is 3.29. The van der Waals surface area contributed by atoms with Crippen LogP contribution >= 0.6 is 27.5 Å². The zero-order valence-electron chi connectivity index (χ0n) is 12.3. The summed E-state index contributed by atoms with van der Waals surface area (Å²) in [5.74, 6) is 1.32. The molecule has 0 atom stereocenters. The molecule has 1 aliphatic carbocycles.